The zero-order valence-corrected chi connectivity index (χ0v) is 10.5. The fourth-order valence-electron chi connectivity index (χ4n) is 1.28. The number of sulfone groups is 1. The molecule has 1 N–H and O–H groups in total. The Balaban J connectivity index is 2.45. The van der Waals surface area contributed by atoms with Crippen molar-refractivity contribution in [2.45, 2.75) is 13.5 Å². The molecule has 0 amide bonds. The highest BCUT2D eigenvalue weighted by Gasteiger charge is 2.07. The molecule has 0 fully saturated rings. The van der Waals surface area contributed by atoms with Crippen LogP contribution in [0.15, 0.2) is 18.3 Å². The molecule has 92 valence electrons. The van der Waals surface area contributed by atoms with Crippen molar-refractivity contribution in [1.29, 1.82) is 5.26 Å². The Bertz CT molecular complexity index is 506. The van der Waals surface area contributed by atoms with E-state index in [9.17, 15) is 8.42 Å². The van der Waals surface area contributed by atoms with E-state index in [4.69, 9.17) is 5.26 Å². The lowest BCUT2D eigenvalue weighted by Gasteiger charge is -2.05. The van der Waals surface area contributed by atoms with Crippen LogP contribution in [0.2, 0.25) is 0 Å². The lowest BCUT2D eigenvalue weighted by Crippen LogP contribution is -2.24. The van der Waals surface area contributed by atoms with Crippen LogP contribution < -0.4 is 5.32 Å². The minimum absolute atomic E-state index is 0.117. The second-order valence-corrected chi connectivity index (χ2v) is 6.01. The number of hydrogen-bond acceptors (Lipinski definition) is 5. The van der Waals surface area contributed by atoms with Gasteiger partial charge in [0.25, 0.3) is 0 Å². The standard InChI is InChI=1S/C11H15N3O2S/c1-2-17(15,16)7-6-13-9-10-4-3-5-14-11(10)8-12/h3-5,13H,2,6-7,9H2,1H3. The van der Waals surface area contributed by atoms with E-state index < -0.39 is 9.84 Å². The summed E-state index contributed by atoms with van der Waals surface area (Å²) in [7, 11) is -2.93. The second kappa shape index (κ2) is 6.33. The molecule has 0 aromatic carbocycles. The molecule has 0 saturated carbocycles. The number of nitrogens with one attached hydrogen (secondary N) is 1. The fourth-order valence-corrected chi connectivity index (χ4v) is 2.02. The van der Waals surface area contributed by atoms with Crippen LogP contribution in [0.25, 0.3) is 0 Å². The van der Waals surface area contributed by atoms with Crippen molar-refractivity contribution < 1.29 is 8.42 Å². The van der Waals surface area contributed by atoms with E-state index >= 15 is 0 Å². The van der Waals surface area contributed by atoms with Crippen LogP contribution in [0.5, 0.6) is 0 Å². The highest BCUT2D eigenvalue weighted by molar-refractivity contribution is 7.91. The highest BCUT2D eigenvalue weighted by Crippen LogP contribution is 2.02. The summed E-state index contributed by atoms with van der Waals surface area (Å²) in [5.41, 5.74) is 1.15. The summed E-state index contributed by atoms with van der Waals surface area (Å²) in [4.78, 5) is 3.92. The molecular weight excluding hydrogens is 238 g/mol. The van der Waals surface area contributed by atoms with E-state index in [1.165, 1.54) is 0 Å². The molecule has 0 atom stereocenters. The number of aromatic nitrogens is 1. The summed E-state index contributed by atoms with van der Waals surface area (Å²) in [5.74, 6) is 0.274. The summed E-state index contributed by atoms with van der Waals surface area (Å²) in [6.07, 6.45) is 1.56. The zero-order valence-electron chi connectivity index (χ0n) is 9.68. The van der Waals surface area contributed by atoms with Crippen LogP contribution in [-0.2, 0) is 16.4 Å². The van der Waals surface area contributed by atoms with E-state index in [-0.39, 0.29) is 11.5 Å². The summed E-state index contributed by atoms with van der Waals surface area (Å²) in [5, 5.41) is 11.8. The molecule has 0 bridgehead atoms. The summed E-state index contributed by atoms with van der Waals surface area (Å²) < 4.78 is 22.5. The van der Waals surface area contributed by atoms with Crippen molar-refractivity contribution >= 4 is 9.84 Å². The first-order valence-electron chi connectivity index (χ1n) is 5.34. The largest absolute Gasteiger partial charge is 0.312 e. The van der Waals surface area contributed by atoms with Crippen molar-refractivity contribution in [1.82, 2.24) is 10.3 Å². The Morgan fingerprint density at radius 3 is 2.94 bits per heavy atom. The zero-order chi connectivity index (χ0) is 12.7. The molecule has 0 aliphatic heterocycles. The van der Waals surface area contributed by atoms with Crippen LogP contribution in [0.1, 0.15) is 18.2 Å². The van der Waals surface area contributed by atoms with Gasteiger partial charge in [-0.15, -0.1) is 0 Å². The van der Waals surface area contributed by atoms with Crippen molar-refractivity contribution in [3.63, 3.8) is 0 Å². The molecule has 6 heteroatoms. The molecule has 17 heavy (non-hydrogen) atoms. The lowest BCUT2D eigenvalue weighted by molar-refractivity contribution is 0.591. The predicted molar refractivity (Wildman–Crippen MR) is 65.0 cm³/mol. The molecule has 1 rings (SSSR count). The first kappa shape index (κ1) is 13.6. The maximum atomic E-state index is 11.2. The number of rotatable bonds is 6. The highest BCUT2D eigenvalue weighted by atomic mass is 32.2. The average Bonchev–Trinajstić information content (AvgIpc) is 2.35. The van der Waals surface area contributed by atoms with Gasteiger partial charge in [0, 0.05) is 30.6 Å². The van der Waals surface area contributed by atoms with E-state index in [0.717, 1.165) is 5.56 Å². The Morgan fingerprint density at radius 1 is 1.53 bits per heavy atom. The van der Waals surface area contributed by atoms with Crippen molar-refractivity contribution in [2.75, 3.05) is 18.1 Å². The average molecular weight is 253 g/mol. The van der Waals surface area contributed by atoms with Gasteiger partial charge in [0.15, 0.2) is 9.84 Å². The Morgan fingerprint density at radius 2 is 2.29 bits per heavy atom. The van der Waals surface area contributed by atoms with Gasteiger partial charge in [-0.1, -0.05) is 13.0 Å². The molecule has 1 heterocycles. The van der Waals surface area contributed by atoms with Gasteiger partial charge in [-0.25, -0.2) is 13.4 Å². The summed E-state index contributed by atoms with van der Waals surface area (Å²) in [6.45, 7) is 2.47. The normalized spacial score (nSPS) is 11.1. The van der Waals surface area contributed by atoms with Crippen LogP contribution in [0.4, 0.5) is 0 Å². The number of hydrogen-bond donors (Lipinski definition) is 1. The predicted octanol–water partition coefficient (Wildman–Crippen LogP) is 0.478. The Kier molecular flexibility index (Phi) is 5.07. The smallest absolute Gasteiger partial charge is 0.151 e. The van der Waals surface area contributed by atoms with Crippen LogP contribution in [0, 0.1) is 11.3 Å². The monoisotopic (exact) mass is 253 g/mol. The molecule has 0 radical (unpaired) electrons. The SMILES string of the molecule is CCS(=O)(=O)CCNCc1cccnc1C#N. The third kappa shape index (κ3) is 4.51. The summed E-state index contributed by atoms with van der Waals surface area (Å²) in [6, 6.07) is 5.54. The molecule has 0 unspecified atom stereocenters. The van der Waals surface area contributed by atoms with E-state index in [2.05, 4.69) is 10.3 Å². The summed E-state index contributed by atoms with van der Waals surface area (Å²) >= 11 is 0. The molecule has 0 saturated heterocycles. The van der Waals surface area contributed by atoms with Crippen LogP contribution >= 0.6 is 0 Å². The van der Waals surface area contributed by atoms with Crippen LogP contribution in [-0.4, -0.2) is 31.5 Å². The Hall–Kier alpha value is -1.45. The van der Waals surface area contributed by atoms with Gasteiger partial charge in [0.1, 0.15) is 11.8 Å². The van der Waals surface area contributed by atoms with Gasteiger partial charge in [0.2, 0.25) is 0 Å². The topological polar surface area (TPSA) is 82.8 Å². The van der Waals surface area contributed by atoms with Crippen molar-refractivity contribution in [2.24, 2.45) is 0 Å². The molecule has 0 aliphatic rings. The third-order valence-corrected chi connectivity index (χ3v) is 4.05. The third-order valence-electron chi connectivity index (χ3n) is 2.34. The van der Waals surface area contributed by atoms with Gasteiger partial charge in [-0.2, -0.15) is 5.26 Å². The second-order valence-electron chi connectivity index (χ2n) is 3.54. The van der Waals surface area contributed by atoms with E-state index in [0.29, 0.717) is 18.8 Å². The minimum atomic E-state index is -2.93. The quantitative estimate of drug-likeness (QED) is 0.745. The van der Waals surface area contributed by atoms with Gasteiger partial charge in [0.05, 0.1) is 5.75 Å². The number of nitriles is 1. The van der Waals surface area contributed by atoms with Gasteiger partial charge in [-0.3, -0.25) is 0 Å². The minimum Gasteiger partial charge on any atom is -0.312 e. The van der Waals surface area contributed by atoms with Crippen LogP contribution in [0.3, 0.4) is 0 Å². The fraction of sp³-hybridized carbons (Fsp3) is 0.455. The van der Waals surface area contributed by atoms with Gasteiger partial charge >= 0.3 is 0 Å². The van der Waals surface area contributed by atoms with E-state index in [1.54, 1.807) is 25.3 Å². The number of pyridine rings is 1. The van der Waals surface area contributed by atoms with E-state index in [1.807, 2.05) is 6.07 Å². The molecule has 1 aromatic heterocycles. The molecule has 5 nitrogen and oxygen atoms in total. The van der Waals surface area contributed by atoms with Gasteiger partial charge < -0.3 is 5.32 Å². The van der Waals surface area contributed by atoms with Crippen molar-refractivity contribution in [3.05, 3.63) is 29.6 Å². The molecule has 1 aromatic rings. The molecular formula is C11H15N3O2S. The van der Waals surface area contributed by atoms with Crippen molar-refractivity contribution in [3.8, 4) is 6.07 Å². The lowest BCUT2D eigenvalue weighted by atomic mass is 10.2. The molecule has 0 aliphatic carbocycles. The maximum Gasteiger partial charge on any atom is 0.151 e. The Labute approximate surface area is 101 Å². The first-order valence-corrected chi connectivity index (χ1v) is 7.16. The maximum absolute atomic E-state index is 11.2. The van der Waals surface area contributed by atoms with Gasteiger partial charge in [-0.05, 0) is 6.07 Å². The first-order chi connectivity index (χ1) is 8.09. The molecule has 0 spiro atoms. The number of nitrogens with zero attached hydrogens (tertiary/aromatic N) is 2.